The molecule has 6 heterocycles. The van der Waals surface area contributed by atoms with Crippen LogP contribution in [-0.2, 0) is 24.8 Å². The summed E-state index contributed by atoms with van der Waals surface area (Å²) in [5, 5.41) is 1.99. The Labute approximate surface area is 250 Å². The number of para-hydroxylation sites is 2. The number of piperidine rings is 1. The van der Waals surface area contributed by atoms with Crippen molar-refractivity contribution in [3.63, 3.8) is 0 Å². The fourth-order valence-corrected chi connectivity index (χ4v) is 7.27. The van der Waals surface area contributed by atoms with Gasteiger partial charge in [0.1, 0.15) is 6.10 Å². The molecule has 9 nitrogen and oxygen atoms in total. The number of carbonyl (C=O) groups is 2. The molecule has 8 rings (SSSR count). The van der Waals surface area contributed by atoms with E-state index in [-0.39, 0.29) is 18.0 Å². The van der Waals surface area contributed by atoms with Gasteiger partial charge in [-0.15, -0.1) is 0 Å². The van der Waals surface area contributed by atoms with E-state index >= 15 is 0 Å². The molecule has 1 unspecified atom stereocenters. The highest BCUT2D eigenvalue weighted by Gasteiger charge is 2.40. The van der Waals surface area contributed by atoms with Crippen molar-refractivity contribution in [1.29, 1.82) is 0 Å². The monoisotopic (exact) mass is 578 g/mol. The van der Waals surface area contributed by atoms with Crippen LogP contribution >= 0.6 is 0 Å². The second kappa shape index (κ2) is 11.0. The van der Waals surface area contributed by atoms with Gasteiger partial charge < -0.3 is 29.1 Å². The Morgan fingerprint density at radius 1 is 1.00 bits per heavy atom. The van der Waals surface area contributed by atoms with Gasteiger partial charge in [-0.25, -0.2) is 9.78 Å². The van der Waals surface area contributed by atoms with Crippen LogP contribution in [0.25, 0.3) is 21.8 Å². The molecular formula is C34H38N6O3. The quantitative estimate of drug-likeness (QED) is 0.280. The van der Waals surface area contributed by atoms with Crippen LogP contribution in [0.4, 0.5) is 0 Å². The molecule has 5 aromatic rings. The van der Waals surface area contributed by atoms with Crippen LogP contribution in [0.15, 0.2) is 61.1 Å². The summed E-state index contributed by atoms with van der Waals surface area (Å²) in [7, 11) is 4.24. The number of aryl methyl sites for hydroxylation is 2. The zero-order valence-electron chi connectivity index (χ0n) is 25.0. The van der Waals surface area contributed by atoms with Crippen molar-refractivity contribution in [2.45, 2.75) is 63.8 Å². The number of amides is 1. The van der Waals surface area contributed by atoms with Gasteiger partial charge in [0, 0.05) is 84.3 Å². The Balaban J connectivity index is 0.000000140. The summed E-state index contributed by atoms with van der Waals surface area (Å²) in [6.07, 6.45) is 8.82. The molecule has 0 spiro atoms. The third-order valence-corrected chi connectivity index (χ3v) is 9.76. The predicted molar refractivity (Wildman–Crippen MR) is 166 cm³/mol. The van der Waals surface area contributed by atoms with Crippen molar-refractivity contribution in [3.05, 3.63) is 89.3 Å². The van der Waals surface area contributed by atoms with Gasteiger partial charge in [-0.2, -0.15) is 0 Å². The number of nitrogens with zero attached hydrogens (tertiary/aromatic N) is 4. The van der Waals surface area contributed by atoms with E-state index in [1.54, 1.807) is 12.5 Å². The molecule has 1 amide bonds. The number of carbonyl (C=O) groups excluding carboxylic acids is 2. The van der Waals surface area contributed by atoms with Gasteiger partial charge in [0.25, 0.3) is 5.91 Å². The summed E-state index contributed by atoms with van der Waals surface area (Å²) in [5.41, 5.74) is 6.72. The smallest absolute Gasteiger partial charge is 0.340 e. The Morgan fingerprint density at radius 3 is 2.47 bits per heavy atom. The van der Waals surface area contributed by atoms with Gasteiger partial charge >= 0.3 is 5.97 Å². The van der Waals surface area contributed by atoms with Crippen molar-refractivity contribution in [1.82, 2.24) is 29.3 Å². The van der Waals surface area contributed by atoms with E-state index in [2.05, 4.69) is 37.5 Å². The topological polar surface area (TPSA) is 99.2 Å². The van der Waals surface area contributed by atoms with E-state index in [1.165, 1.54) is 12.8 Å². The lowest BCUT2D eigenvalue weighted by Crippen LogP contribution is -2.43. The Morgan fingerprint density at radius 2 is 1.72 bits per heavy atom. The van der Waals surface area contributed by atoms with E-state index in [0.717, 1.165) is 70.3 Å². The number of benzene rings is 2. The lowest BCUT2D eigenvalue weighted by Gasteiger charge is -2.35. The van der Waals surface area contributed by atoms with Crippen molar-refractivity contribution in [2.24, 2.45) is 7.05 Å². The van der Waals surface area contributed by atoms with E-state index in [0.29, 0.717) is 24.2 Å². The van der Waals surface area contributed by atoms with E-state index in [4.69, 9.17) is 4.74 Å². The summed E-state index contributed by atoms with van der Waals surface area (Å²) in [6.45, 7) is 3.29. The second-order valence-electron chi connectivity index (χ2n) is 12.1. The summed E-state index contributed by atoms with van der Waals surface area (Å²) < 4.78 is 7.94. The molecule has 43 heavy (non-hydrogen) atoms. The van der Waals surface area contributed by atoms with Gasteiger partial charge in [0.05, 0.1) is 29.7 Å². The molecule has 2 bridgehead atoms. The number of nitrogens with one attached hydrogen (secondary N) is 2. The van der Waals surface area contributed by atoms with Crippen LogP contribution in [0.5, 0.6) is 0 Å². The number of esters is 1. The van der Waals surface area contributed by atoms with Crippen molar-refractivity contribution in [2.75, 3.05) is 13.6 Å². The zero-order valence-corrected chi connectivity index (χ0v) is 25.0. The average molecular weight is 579 g/mol. The molecular weight excluding hydrogens is 540 g/mol. The summed E-state index contributed by atoms with van der Waals surface area (Å²) in [4.78, 5) is 40.3. The summed E-state index contributed by atoms with van der Waals surface area (Å²) in [6, 6.07) is 17.1. The van der Waals surface area contributed by atoms with Crippen LogP contribution in [0.1, 0.15) is 63.5 Å². The molecule has 3 aliphatic rings. The van der Waals surface area contributed by atoms with Gasteiger partial charge in [0.15, 0.2) is 0 Å². The maximum absolute atomic E-state index is 13.0. The number of fused-ring (bicyclic) bond motifs is 6. The summed E-state index contributed by atoms with van der Waals surface area (Å²) >= 11 is 0. The number of H-pyrrole nitrogens is 2. The van der Waals surface area contributed by atoms with Crippen LogP contribution in [-0.4, -0.2) is 73.0 Å². The summed E-state index contributed by atoms with van der Waals surface area (Å²) in [5.74, 6) is -0.0816. The first kappa shape index (κ1) is 27.5. The number of imidazole rings is 1. The van der Waals surface area contributed by atoms with Crippen LogP contribution in [0, 0.1) is 6.92 Å². The highest BCUT2D eigenvalue weighted by atomic mass is 16.5. The molecule has 9 heteroatoms. The molecule has 2 saturated heterocycles. The highest BCUT2D eigenvalue weighted by Crippen LogP contribution is 2.36. The lowest BCUT2D eigenvalue weighted by molar-refractivity contribution is -0.000271. The highest BCUT2D eigenvalue weighted by molar-refractivity contribution is 6.09. The molecule has 0 aliphatic carbocycles. The Bertz CT molecular complexity index is 1800. The molecule has 0 saturated carbocycles. The second-order valence-corrected chi connectivity index (χ2v) is 12.1. The molecule has 2 fully saturated rings. The Kier molecular flexibility index (Phi) is 7.05. The number of hydrogen-bond donors (Lipinski definition) is 2. The number of hydrogen-bond acceptors (Lipinski definition) is 5. The maximum atomic E-state index is 13.0. The largest absolute Gasteiger partial charge is 0.459 e. The minimum Gasteiger partial charge on any atom is -0.459 e. The minimum atomic E-state index is -0.193. The van der Waals surface area contributed by atoms with Crippen LogP contribution in [0.3, 0.4) is 0 Å². The maximum Gasteiger partial charge on any atom is 0.340 e. The first-order valence-electron chi connectivity index (χ1n) is 15.2. The SMILES string of the molecule is CN1[C@@H]2CC[C@H]1CC(OC(=O)c1c[nH]c3ccccc13)C2.Cc1[nH]cnc1CN1CCc2c(c3ccccc3n2C)C1=O. The van der Waals surface area contributed by atoms with Gasteiger partial charge in [0.2, 0.25) is 0 Å². The van der Waals surface area contributed by atoms with Crippen molar-refractivity contribution in [3.8, 4) is 0 Å². The number of ether oxygens (including phenoxy) is 1. The minimum absolute atomic E-state index is 0.0693. The van der Waals surface area contributed by atoms with Crippen LogP contribution < -0.4 is 0 Å². The fraction of sp³-hybridized carbons (Fsp3) is 0.382. The third-order valence-electron chi connectivity index (χ3n) is 9.76. The normalized spacial score (nSPS) is 21.6. The molecule has 3 aromatic heterocycles. The molecule has 3 atom stereocenters. The molecule has 222 valence electrons. The first-order valence-corrected chi connectivity index (χ1v) is 15.2. The first-order chi connectivity index (χ1) is 20.9. The van der Waals surface area contributed by atoms with E-state index in [9.17, 15) is 9.59 Å². The molecule has 3 aliphatic heterocycles. The molecule has 0 radical (unpaired) electrons. The number of aromatic nitrogens is 4. The van der Waals surface area contributed by atoms with Crippen LogP contribution in [0.2, 0.25) is 0 Å². The lowest BCUT2D eigenvalue weighted by atomic mass is 10.0. The van der Waals surface area contributed by atoms with Crippen molar-refractivity contribution < 1.29 is 14.3 Å². The molecule has 2 aromatic carbocycles. The fourth-order valence-electron chi connectivity index (χ4n) is 7.27. The zero-order chi connectivity index (χ0) is 29.7. The predicted octanol–water partition coefficient (Wildman–Crippen LogP) is 5.36. The standard InChI is InChI=1S/C17H18N4O.C17H20N2O2/c1-11-13(19-10-18-11)9-21-8-7-15-16(17(21)22)12-5-3-4-6-14(12)20(15)2;1-19-11-6-7-12(19)9-13(8-11)21-17(20)15-10-18-16-5-3-2-4-14(15)16/h3-6,10H,7-9H2,1-2H3,(H,18,19);2-5,10-13,18H,6-9H2,1H3/t;11-,12+,13?. The van der Waals surface area contributed by atoms with Gasteiger partial charge in [-0.05, 0) is 38.9 Å². The van der Waals surface area contributed by atoms with E-state index in [1.807, 2.05) is 61.3 Å². The number of aromatic amines is 2. The van der Waals surface area contributed by atoms with Gasteiger partial charge in [-0.1, -0.05) is 36.4 Å². The average Bonchev–Trinajstić information content (AvgIpc) is 3.75. The number of rotatable bonds is 4. The van der Waals surface area contributed by atoms with Gasteiger partial charge in [-0.3, -0.25) is 4.79 Å². The van der Waals surface area contributed by atoms with Crippen molar-refractivity contribution >= 4 is 33.7 Å². The Hall–Kier alpha value is -4.37. The third kappa shape index (κ3) is 4.91. The molecule has 2 N–H and O–H groups in total. The van der Waals surface area contributed by atoms with E-state index < -0.39 is 0 Å².